The summed E-state index contributed by atoms with van der Waals surface area (Å²) in [5.74, 6) is 1.69. The van der Waals surface area contributed by atoms with E-state index in [1.807, 2.05) is 11.3 Å². The topological polar surface area (TPSA) is 12.0 Å². The van der Waals surface area contributed by atoms with Gasteiger partial charge in [0.1, 0.15) is 0 Å². The summed E-state index contributed by atoms with van der Waals surface area (Å²) in [4.78, 5) is 0. The minimum atomic E-state index is 0.527. The summed E-state index contributed by atoms with van der Waals surface area (Å²) in [5, 5.41) is 7.51. The quantitative estimate of drug-likeness (QED) is 0.827. The molecule has 18 heavy (non-hydrogen) atoms. The SMILES string of the molecule is CCNC(c1csc2ccccc12)C(C)C1CC1. The Hall–Kier alpha value is -0.860. The van der Waals surface area contributed by atoms with Crippen molar-refractivity contribution in [1.82, 2.24) is 5.32 Å². The fraction of sp³-hybridized carbons (Fsp3) is 0.500. The Morgan fingerprint density at radius 1 is 1.33 bits per heavy atom. The summed E-state index contributed by atoms with van der Waals surface area (Å²) in [6.07, 6.45) is 2.84. The molecule has 0 spiro atoms. The second-order valence-corrected chi connectivity index (χ2v) is 6.33. The van der Waals surface area contributed by atoms with Gasteiger partial charge in [-0.1, -0.05) is 32.0 Å². The average molecular weight is 259 g/mol. The molecule has 3 rings (SSSR count). The molecule has 0 bridgehead atoms. The summed E-state index contributed by atoms with van der Waals surface area (Å²) < 4.78 is 1.42. The zero-order valence-corrected chi connectivity index (χ0v) is 12.0. The molecule has 1 aliphatic rings. The van der Waals surface area contributed by atoms with Gasteiger partial charge >= 0.3 is 0 Å². The molecular formula is C16H21NS. The van der Waals surface area contributed by atoms with Crippen LogP contribution >= 0.6 is 11.3 Å². The summed E-state index contributed by atoms with van der Waals surface area (Å²) in [5.41, 5.74) is 1.51. The number of nitrogens with one attached hydrogen (secondary N) is 1. The minimum absolute atomic E-state index is 0.527. The Balaban J connectivity index is 1.97. The molecule has 1 saturated carbocycles. The van der Waals surface area contributed by atoms with Crippen molar-refractivity contribution in [3.05, 3.63) is 35.2 Å². The summed E-state index contributed by atoms with van der Waals surface area (Å²) in [7, 11) is 0. The van der Waals surface area contributed by atoms with Crippen LogP contribution in [0.3, 0.4) is 0 Å². The van der Waals surface area contributed by atoms with Gasteiger partial charge in [-0.25, -0.2) is 0 Å². The van der Waals surface area contributed by atoms with Gasteiger partial charge in [0.2, 0.25) is 0 Å². The number of rotatable bonds is 5. The maximum atomic E-state index is 3.70. The van der Waals surface area contributed by atoms with Crippen molar-refractivity contribution in [2.24, 2.45) is 11.8 Å². The van der Waals surface area contributed by atoms with Gasteiger partial charge in [-0.15, -0.1) is 11.3 Å². The molecule has 1 nitrogen and oxygen atoms in total. The van der Waals surface area contributed by atoms with Crippen molar-refractivity contribution in [1.29, 1.82) is 0 Å². The van der Waals surface area contributed by atoms with E-state index in [0.717, 1.165) is 18.4 Å². The Morgan fingerprint density at radius 2 is 2.11 bits per heavy atom. The Kier molecular flexibility index (Phi) is 3.40. The van der Waals surface area contributed by atoms with Crippen molar-refractivity contribution in [3.8, 4) is 0 Å². The van der Waals surface area contributed by atoms with Crippen molar-refractivity contribution in [2.75, 3.05) is 6.54 Å². The van der Waals surface area contributed by atoms with E-state index >= 15 is 0 Å². The monoisotopic (exact) mass is 259 g/mol. The third kappa shape index (κ3) is 2.19. The molecule has 0 saturated heterocycles. The predicted octanol–water partition coefficient (Wildman–Crippen LogP) is 4.60. The lowest BCUT2D eigenvalue weighted by Crippen LogP contribution is -2.27. The first-order chi connectivity index (χ1) is 8.81. The third-order valence-electron chi connectivity index (χ3n) is 4.16. The first-order valence-corrected chi connectivity index (χ1v) is 7.88. The van der Waals surface area contributed by atoms with E-state index < -0.39 is 0 Å². The highest BCUT2D eigenvalue weighted by Gasteiger charge is 2.34. The number of hydrogen-bond donors (Lipinski definition) is 1. The average Bonchev–Trinajstić information content (AvgIpc) is 3.16. The van der Waals surface area contributed by atoms with Crippen LogP contribution in [0.25, 0.3) is 10.1 Å². The lowest BCUT2D eigenvalue weighted by Gasteiger charge is -2.24. The van der Waals surface area contributed by atoms with Gasteiger partial charge in [-0.3, -0.25) is 0 Å². The molecule has 1 aliphatic carbocycles. The number of benzene rings is 1. The summed E-state index contributed by atoms with van der Waals surface area (Å²) in [6.45, 7) is 5.67. The molecule has 0 aliphatic heterocycles. The van der Waals surface area contributed by atoms with E-state index in [0.29, 0.717) is 6.04 Å². The Bertz CT molecular complexity index is 527. The van der Waals surface area contributed by atoms with Crippen LogP contribution in [0, 0.1) is 11.8 Å². The first-order valence-electron chi connectivity index (χ1n) is 7.00. The van der Waals surface area contributed by atoms with E-state index in [9.17, 15) is 0 Å². The van der Waals surface area contributed by atoms with Crippen LogP contribution in [0.1, 0.15) is 38.3 Å². The molecule has 1 aromatic carbocycles. The zero-order chi connectivity index (χ0) is 12.5. The first kappa shape index (κ1) is 12.2. The highest BCUT2D eigenvalue weighted by atomic mass is 32.1. The van der Waals surface area contributed by atoms with E-state index in [4.69, 9.17) is 0 Å². The van der Waals surface area contributed by atoms with Crippen molar-refractivity contribution < 1.29 is 0 Å². The summed E-state index contributed by atoms with van der Waals surface area (Å²) in [6, 6.07) is 9.32. The zero-order valence-electron chi connectivity index (χ0n) is 11.1. The van der Waals surface area contributed by atoms with E-state index in [2.05, 4.69) is 48.8 Å². The predicted molar refractivity (Wildman–Crippen MR) is 80.1 cm³/mol. The fourth-order valence-corrected chi connectivity index (χ4v) is 3.93. The van der Waals surface area contributed by atoms with Crippen LogP contribution in [0.2, 0.25) is 0 Å². The molecule has 0 radical (unpaired) electrons. The van der Waals surface area contributed by atoms with E-state index in [-0.39, 0.29) is 0 Å². The smallest absolute Gasteiger partial charge is 0.0363 e. The molecule has 96 valence electrons. The lowest BCUT2D eigenvalue weighted by molar-refractivity contribution is 0.357. The molecule has 1 aromatic heterocycles. The normalized spacial score (nSPS) is 19.0. The maximum Gasteiger partial charge on any atom is 0.0363 e. The molecule has 0 amide bonds. The molecule has 1 fully saturated rings. The largest absolute Gasteiger partial charge is 0.310 e. The van der Waals surface area contributed by atoms with Gasteiger partial charge in [0.05, 0.1) is 0 Å². The van der Waals surface area contributed by atoms with Gasteiger partial charge in [0, 0.05) is 10.7 Å². The molecule has 1 heterocycles. The number of fused-ring (bicyclic) bond motifs is 1. The van der Waals surface area contributed by atoms with Gasteiger partial charge in [-0.2, -0.15) is 0 Å². The van der Waals surface area contributed by atoms with Crippen molar-refractivity contribution in [3.63, 3.8) is 0 Å². The Labute approximate surface area is 113 Å². The molecule has 2 unspecified atom stereocenters. The van der Waals surface area contributed by atoms with Crippen LogP contribution in [0.15, 0.2) is 29.6 Å². The number of thiophene rings is 1. The van der Waals surface area contributed by atoms with Gasteiger partial charge < -0.3 is 5.32 Å². The maximum absolute atomic E-state index is 3.70. The highest BCUT2D eigenvalue weighted by molar-refractivity contribution is 7.17. The third-order valence-corrected chi connectivity index (χ3v) is 5.14. The lowest BCUT2D eigenvalue weighted by atomic mass is 9.90. The van der Waals surface area contributed by atoms with Crippen LogP contribution in [-0.2, 0) is 0 Å². The van der Waals surface area contributed by atoms with E-state index in [1.165, 1.54) is 28.5 Å². The van der Waals surface area contributed by atoms with Gasteiger partial charge in [-0.05, 0) is 53.6 Å². The molecule has 2 atom stereocenters. The van der Waals surface area contributed by atoms with Gasteiger partial charge in [0.25, 0.3) is 0 Å². The standard InChI is InChI=1S/C16H21NS/c1-3-17-16(11(2)12-8-9-12)14-10-18-15-7-5-4-6-13(14)15/h4-7,10-12,16-17H,3,8-9H2,1-2H3. The van der Waals surface area contributed by atoms with Crippen molar-refractivity contribution >= 4 is 21.4 Å². The highest BCUT2D eigenvalue weighted by Crippen LogP contribution is 2.44. The van der Waals surface area contributed by atoms with E-state index in [1.54, 1.807) is 0 Å². The second-order valence-electron chi connectivity index (χ2n) is 5.42. The number of hydrogen-bond acceptors (Lipinski definition) is 2. The van der Waals surface area contributed by atoms with Gasteiger partial charge in [0.15, 0.2) is 0 Å². The molecule has 2 aromatic rings. The Morgan fingerprint density at radius 3 is 2.83 bits per heavy atom. The van der Waals surface area contributed by atoms with Crippen LogP contribution in [0.5, 0.6) is 0 Å². The fourth-order valence-electron chi connectivity index (χ4n) is 2.93. The summed E-state index contributed by atoms with van der Waals surface area (Å²) >= 11 is 1.88. The molecule has 2 heteroatoms. The second kappa shape index (κ2) is 5.02. The van der Waals surface area contributed by atoms with Crippen LogP contribution in [-0.4, -0.2) is 6.54 Å². The molecule has 1 N–H and O–H groups in total. The van der Waals surface area contributed by atoms with Crippen molar-refractivity contribution in [2.45, 2.75) is 32.7 Å². The minimum Gasteiger partial charge on any atom is -0.310 e. The van der Waals surface area contributed by atoms with Crippen LogP contribution < -0.4 is 5.32 Å². The molecular weight excluding hydrogens is 238 g/mol. The van der Waals surface area contributed by atoms with Crippen LogP contribution in [0.4, 0.5) is 0 Å².